The predicted octanol–water partition coefficient (Wildman–Crippen LogP) is 3.06. The number of ether oxygens (including phenoxy) is 2. The minimum Gasteiger partial charge on any atom is -0.486 e. The van der Waals surface area contributed by atoms with Crippen LogP contribution in [-0.4, -0.2) is 35.6 Å². The second-order valence-corrected chi connectivity index (χ2v) is 7.02. The van der Waals surface area contributed by atoms with E-state index in [1.807, 2.05) is 0 Å². The van der Waals surface area contributed by atoms with E-state index in [4.69, 9.17) is 9.47 Å². The molecule has 7 nitrogen and oxygen atoms in total. The van der Waals surface area contributed by atoms with Crippen molar-refractivity contribution in [2.75, 3.05) is 30.0 Å². The molecule has 0 saturated carbocycles. The Hall–Kier alpha value is -3.61. The van der Waals surface area contributed by atoms with Gasteiger partial charge in [0.15, 0.2) is 11.5 Å². The highest BCUT2D eigenvalue weighted by Crippen LogP contribution is 2.32. The van der Waals surface area contributed by atoms with E-state index in [0.717, 1.165) is 19.5 Å². The molecule has 1 N–H and O–H groups in total. The highest BCUT2D eigenvalue weighted by atomic mass is 16.6. The summed E-state index contributed by atoms with van der Waals surface area (Å²) in [6.07, 6.45) is 4.10. The summed E-state index contributed by atoms with van der Waals surface area (Å²) in [5, 5.41) is 2.85. The van der Waals surface area contributed by atoms with Gasteiger partial charge in [-0.25, -0.2) is 9.97 Å². The van der Waals surface area contributed by atoms with Crippen molar-refractivity contribution in [1.29, 1.82) is 0 Å². The molecule has 0 fully saturated rings. The van der Waals surface area contributed by atoms with E-state index in [1.54, 1.807) is 30.6 Å². The summed E-state index contributed by atoms with van der Waals surface area (Å²) in [7, 11) is 0. The summed E-state index contributed by atoms with van der Waals surface area (Å²) in [5.41, 5.74) is 3.71. The Morgan fingerprint density at radius 3 is 2.55 bits per heavy atom. The lowest BCUT2D eigenvalue weighted by atomic mass is 10.0. The molecule has 2 aliphatic heterocycles. The van der Waals surface area contributed by atoms with Crippen LogP contribution in [0.2, 0.25) is 0 Å². The molecule has 3 heterocycles. The van der Waals surface area contributed by atoms with E-state index in [1.165, 1.54) is 11.1 Å². The van der Waals surface area contributed by atoms with Crippen LogP contribution in [0.1, 0.15) is 21.5 Å². The molecule has 5 rings (SSSR count). The molecule has 0 atom stereocenters. The van der Waals surface area contributed by atoms with Gasteiger partial charge in [0.25, 0.3) is 5.91 Å². The highest BCUT2D eigenvalue weighted by molar-refractivity contribution is 6.04. The zero-order valence-corrected chi connectivity index (χ0v) is 15.8. The number of benzene rings is 2. The fraction of sp³-hybridized carbons (Fsp3) is 0.227. The number of hydrogen-bond acceptors (Lipinski definition) is 6. The molecule has 0 saturated heterocycles. The first-order valence-electron chi connectivity index (χ1n) is 9.61. The summed E-state index contributed by atoms with van der Waals surface area (Å²) >= 11 is 0. The van der Waals surface area contributed by atoms with E-state index in [2.05, 4.69) is 44.5 Å². The van der Waals surface area contributed by atoms with Gasteiger partial charge in [0.05, 0.1) is 5.56 Å². The summed E-state index contributed by atoms with van der Waals surface area (Å²) in [4.78, 5) is 23.5. The minimum absolute atomic E-state index is 0.266. The first kappa shape index (κ1) is 17.5. The number of carbonyl (C=O) groups excluding carboxylic acids is 1. The largest absolute Gasteiger partial charge is 0.486 e. The second kappa shape index (κ2) is 7.43. The van der Waals surface area contributed by atoms with Crippen LogP contribution in [0.3, 0.4) is 0 Å². The Kier molecular flexibility index (Phi) is 4.48. The molecule has 146 valence electrons. The van der Waals surface area contributed by atoms with Crippen molar-refractivity contribution in [2.45, 2.75) is 13.0 Å². The van der Waals surface area contributed by atoms with Gasteiger partial charge >= 0.3 is 0 Å². The fourth-order valence-electron chi connectivity index (χ4n) is 3.59. The van der Waals surface area contributed by atoms with Gasteiger partial charge in [0.1, 0.15) is 13.2 Å². The van der Waals surface area contributed by atoms with Gasteiger partial charge in [0.2, 0.25) is 5.95 Å². The minimum atomic E-state index is -0.266. The van der Waals surface area contributed by atoms with Crippen molar-refractivity contribution in [1.82, 2.24) is 9.97 Å². The van der Waals surface area contributed by atoms with Crippen LogP contribution >= 0.6 is 0 Å². The molecule has 7 heteroatoms. The molecule has 0 unspecified atom stereocenters. The lowest BCUT2D eigenvalue weighted by Crippen LogP contribution is -2.31. The van der Waals surface area contributed by atoms with Gasteiger partial charge in [0, 0.05) is 37.2 Å². The van der Waals surface area contributed by atoms with Crippen molar-refractivity contribution in [3.8, 4) is 11.5 Å². The molecule has 1 amide bonds. The van der Waals surface area contributed by atoms with Crippen LogP contribution in [-0.2, 0) is 13.0 Å². The average molecular weight is 388 g/mol. The lowest BCUT2D eigenvalue weighted by Gasteiger charge is -2.28. The summed E-state index contributed by atoms with van der Waals surface area (Å²) in [6.45, 7) is 2.67. The first-order valence-corrected chi connectivity index (χ1v) is 9.61. The SMILES string of the molecule is O=C(Nc1ccc2c(c1)OCCO2)c1cnc(N2CCc3ccccc3C2)nc1. The number of aromatic nitrogens is 2. The van der Waals surface area contributed by atoms with Gasteiger partial charge in [-0.3, -0.25) is 4.79 Å². The van der Waals surface area contributed by atoms with E-state index in [9.17, 15) is 4.79 Å². The molecule has 0 radical (unpaired) electrons. The normalized spacial score (nSPS) is 14.8. The maximum absolute atomic E-state index is 12.6. The maximum Gasteiger partial charge on any atom is 0.258 e. The quantitative estimate of drug-likeness (QED) is 0.743. The molecule has 3 aromatic rings. The van der Waals surface area contributed by atoms with Gasteiger partial charge in [-0.15, -0.1) is 0 Å². The third-order valence-corrected chi connectivity index (χ3v) is 5.11. The van der Waals surface area contributed by atoms with Crippen molar-refractivity contribution in [2.24, 2.45) is 0 Å². The molecule has 2 aliphatic rings. The standard InChI is InChI=1S/C22H20N4O3/c27-21(25-18-5-6-19-20(11-18)29-10-9-28-19)17-12-23-22(24-13-17)26-8-7-15-3-1-2-4-16(15)14-26/h1-6,11-13H,7-10,14H2,(H,25,27). The molecular weight excluding hydrogens is 368 g/mol. The third kappa shape index (κ3) is 3.59. The lowest BCUT2D eigenvalue weighted by molar-refractivity contribution is 0.102. The van der Waals surface area contributed by atoms with Gasteiger partial charge < -0.3 is 19.7 Å². The molecule has 0 aliphatic carbocycles. The Bertz CT molecular complexity index is 1050. The summed E-state index contributed by atoms with van der Waals surface area (Å²) < 4.78 is 11.1. The zero-order valence-electron chi connectivity index (χ0n) is 15.8. The number of anilines is 2. The fourth-order valence-corrected chi connectivity index (χ4v) is 3.59. The maximum atomic E-state index is 12.6. The summed E-state index contributed by atoms with van der Waals surface area (Å²) in [5.74, 6) is 1.68. The van der Waals surface area contributed by atoms with E-state index in [0.29, 0.717) is 41.9 Å². The van der Waals surface area contributed by atoms with E-state index in [-0.39, 0.29) is 5.91 Å². The second-order valence-electron chi connectivity index (χ2n) is 7.02. The Labute approximate surface area is 168 Å². The Morgan fingerprint density at radius 2 is 1.72 bits per heavy atom. The van der Waals surface area contributed by atoms with Crippen LogP contribution in [0.25, 0.3) is 0 Å². The van der Waals surface area contributed by atoms with E-state index < -0.39 is 0 Å². The van der Waals surface area contributed by atoms with E-state index >= 15 is 0 Å². The number of nitrogens with one attached hydrogen (secondary N) is 1. The monoisotopic (exact) mass is 388 g/mol. The van der Waals surface area contributed by atoms with Gasteiger partial charge in [-0.05, 0) is 29.7 Å². The molecule has 1 aromatic heterocycles. The molecule has 2 aromatic carbocycles. The van der Waals surface area contributed by atoms with Crippen LogP contribution in [0.4, 0.5) is 11.6 Å². The molecule has 29 heavy (non-hydrogen) atoms. The summed E-state index contributed by atoms with van der Waals surface area (Å²) in [6, 6.07) is 13.8. The van der Waals surface area contributed by atoms with Crippen molar-refractivity contribution in [3.63, 3.8) is 0 Å². The number of rotatable bonds is 3. The number of amides is 1. The van der Waals surface area contributed by atoms with Crippen molar-refractivity contribution >= 4 is 17.5 Å². The number of fused-ring (bicyclic) bond motifs is 2. The van der Waals surface area contributed by atoms with Gasteiger partial charge in [-0.2, -0.15) is 0 Å². The predicted molar refractivity (Wildman–Crippen MR) is 109 cm³/mol. The van der Waals surface area contributed by atoms with Crippen LogP contribution < -0.4 is 19.7 Å². The number of carbonyl (C=O) groups is 1. The molecule has 0 spiro atoms. The third-order valence-electron chi connectivity index (χ3n) is 5.11. The zero-order chi connectivity index (χ0) is 19.6. The topological polar surface area (TPSA) is 76.6 Å². The molecular formula is C22H20N4O3. The number of nitrogens with zero attached hydrogens (tertiary/aromatic N) is 3. The van der Waals surface area contributed by atoms with Crippen LogP contribution in [0, 0.1) is 0 Å². The average Bonchev–Trinajstić information content (AvgIpc) is 2.79. The van der Waals surface area contributed by atoms with Gasteiger partial charge in [-0.1, -0.05) is 24.3 Å². The first-order chi connectivity index (χ1) is 14.3. The van der Waals surface area contributed by atoms with Crippen molar-refractivity contribution in [3.05, 3.63) is 71.5 Å². The Balaban J connectivity index is 1.27. The Morgan fingerprint density at radius 1 is 0.966 bits per heavy atom. The highest BCUT2D eigenvalue weighted by Gasteiger charge is 2.19. The molecule has 0 bridgehead atoms. The van der Waals surface area contributed by atoms with Crippen LogP contribution in [0.15, 0.2) is 54.9 Å². The number of hydrogen-bond donors (Lipinski definition) is 1. The smallest absolute Gasteiger partial charge is 0.258 e. The van der Waals surface area contributed by atoms with Crippen molar-refractivity contribution < 1.29 is 14.3 Å². The van der Waals surface area contributed by atoms with Crippen LogP contribution in [0.5, 0.6) is 11.5 Å².